The highest BCUT2D eigenvalue weighted by molar-refractivity contribution is 5.57. The van der Waals surface area contributed by atoms with Crippen LogP contribution in [0.5, 0.6) is 0 Å². The van der Waals surface area contributed by atoms with Crippen molar-refractivity contribution in [2.75, 3.05) is 6.54 Å². The van der Waals surface area contributed by atoms with E-state index in [-0.39, 0.29) is 6.04 Å². The van der Waals surface area contributed by atoms with Crippen LogP contribution in [0.25, 0.3) is 0 Å². The normalized spacial score (nSPS) is 26.1. The van der Waals surface area contributed by atoms with E-state index in [0.717, 1.165) is 25.7 Å². The highest BCUT2D eigenvalue weighted by Crippen LogP contribution is 2.11. The fourth-order valence-corrected chi connectivity index (χ4v) is 1.26. The van der Waals surface area contributed by atoms with E-state index in [1.165, 1.54) is 0 Å². The standard InChI is InChI=1S/C8H14N2O/c1-2-5-9-10-6-3-4-8(10)7-11/h2,5,7-9H,3-4,6H2,1H3/b5-2-/t8-/m0/s1. The molecular formula is C8H14N2O. The largest absolute Gasteiger partial charge is 0.326 e. The van der Waals surface area contributed by atoms with E-state index >= 15 is 0 Å². The number of carbonyl (C=O) groups is 1. The maximum absolute atomic E-state index is 10.5. The van der Waals surface area contributed by atoms with Crippen molar-refractivity contribution in [3.63, 3.8) is 0 Å². The molecule has 0 radical (unpaired) electrons. The molecule has 3 heteroatoms. The lowest BCUT2D eigenvalue weighted by Gasteiger charge is -2.18. The maximum atomic E-state index is 10.5. The number of carbonyl (C=O) groups excluding carboxylic acids is 1. The number of aldehydes is 1. The van der Waals surface area contributed by atoms with E-state index in [1.807, 2.05) is 24.2 Å². The molecule has 1 heterocycles. The van der Waals surface area contributed by atoms with Gasteiger partial charge in [0.05, 0.1) is 6.04 Å². The van der Waals surface area contributed by atoms with Crippen LogP contribution in [0.4, 0.5) is 0 Å². The van der Waals surface area contributed by atoms with E-state index in [4.69, 9.17) is 0 Å². The summed E-state index contributed by atoms with van der Waals surface area (Å²) < 4.78 is 0. The molecule has 1 aliphatic rings. The minimum absolute atomic E-state index is 0.0752. The Bertz CT molecular complexity index is 156. The first-order valence-electron chi connectivity index (χ1n) is 3.97. The molecule has 3 nitrogen and oxygen atoms in total. The first-order valence-corrected chi connectivity index (χ1v) is 3.97. The van der Waals surface area contributed by atoms with Gasteiger partial charge in [-0.2, -0.15) is 0 Å². The number of nitrogens with one attached hydrogen (secondary N) is 1. The zero-order valence-corrected chi connectivity index (χ0v) is 6.79. The smallest absolute Gasteiger partial charge is 0.138 e. The Morgan fingerprint density at radius 2 is 2.45 bits per heavy atom. The number of hydrogen-bond donors (Lipinski definition) is 1. The van der Waals surface area contributed by atoms with Crippen molar-refractivity contribution in [1.29, 1.82) is 0 Å². The molecule has 0 aliphatic carbocycles. The summed E-state index contributed by atoms with van der Waals surface area (Å²) in [5.74, 6) is 0. The average molecular weight is 154 g/mol. The molecule has 0 saturated carbocycles. The van der Waals surface area contributed by atoms with Gasteiger partial charge < -0.3 is 10.2 Å². The lowest BCUT2D eigenvalue weighted by Crippen LogP contribution is -2.39. The van der Waals surface area contributed by atoms with Crippen LogP contribution in [0.1, 0.15) is 19.8 Å². The summed E-state index contributed by atoms with van der Waals surface area (Å²) in [7, 11) is 0. The molecule has 0 bridgehead atoms. The molecule has 1 rings (SSSR count). The van der Waals surface area contributed by atoms with Crippen LogP contribution in [0.3, 0.4) is 0 Å². The summed E-state index contributed by atoms with van der Waals surface area (Å²) >= 11 is 0. The van der Waals surface area contributed by atoms with Crippen LogP contribution in [0.15, 0.2) is 12.3 Å². The molecular weight excluding hydrogens is 140 g/mol. The quantitative estimate of drug-likeness (QED) is 0.607. The van der Waals surface area contributed by atoms with Gasteiger partial charge in [-0.25, -0.2) is 5.01 Å². The van der Waals surface area contributed by atoms with Crippen molar-refractivity contribution in [3.8, 4) is 0 Å². The lowest BCUT2D eigenvalue weighted by molar-refractivity contribution is -0.112. The fraction of sp³-hybridized carbons (Fsp3) is 0.625. The Morgan fingerprint density at radius 1 is 1.64 bits per heavy atom. The van der Waals surface area contributed by atoms with Crippen LogP contribution >= 0.6 is 0 Å². The van der Waals surface area contributed by atoms with Gasteiger partial charge in [-0.1, -0.05) is 6.08 Å². The van der Waals surface area contributed by atoms with Gasteiger partial charge in [-0.05, 0) is 19.8 Å². The van der Waals surface area contributed by atoms with Crippen LogP contribution < -0.4 is 5.43 Å². The molecule has 1 fully saturated rings. The summed E-state index contributed by atoms with van der Waals surface area (Å²) in [4.78, 5) is 10.5. The molecule has 1 N–H and O–H groups in total. The molecule has 11 heavy (non-hydrogen) atoms. The van der Waals surface area contributed by atoms with Crippen LogP contribution in [-0.2, 0) is 4.79 Å². The second-order valence-electron chi connectivity index (χ2n) is 2.67. The number of hydrogen-bond acceptors (Lipinski definition) is 3. The van der Waals surface area contributed by atoms with Gasteiger partial charge in [0.25, 0.3) is 0 Å². The summed E-state index contributed by atoms with van der Waals surface area (Å²) in [5.41, 5.74) is 3.05. The number of hydrazine groups is 1. The van der Waals surface area contributed by atoms with Crippen molar-refractivity contribution in [2.24, 2.45) is 0 Å². The van der Waals surface area contributed by atoms with Crippen LogP contribution in [0, 0.1) is 0 Å². The van der Waals surface area contributed by atoms with Crippen LogP contribution in [0.2, 0.25) is 0 Å². The van der Waals surface area contributed by atoms with Crippen molar-refractivity contribution in [1.82, 2.24) is 10.4 Å². The fourth-order valence-electron chi connectivity index (χ4n) is 1.26. The van der Waals surface area contributed by atoms with E-state index in [1.54, 1.807) is 0 Å². The SMILES string of the molecule is C/C=C\NN1CCC[C@H]1C=O. The third-order valence-electron chi connectivity index (χ3n) is 1.86. The first kappa shape index (κ1) is 8.27. The first-order chi connectivity index (χ1) is 5.38. The summed E-state index contributed by atoms with van der Waals surface area (Å²) in [6.07, 6.45) is 6.85. The summed E-state index contributed by atoms with van der Waals surface area (Å²) in [5, 5.41) is 1.97. The van der Waals surface area contributed by atoms with Gasteiger partial charge in [0, 0.05) is 12.7 Å². The summed E-state index contributed by atoms with van der Waals surface area (Å²) in [6.45, 7) is 2.91. The maximum Gasteiger partial charge on any atom is 0.138 e. The zero-order chi connectivity index (χ0) is 8.10. The van der Waals surface area contributed by atoms with Gasteiger partial charge >= 0.3 is 0 Å². The topological polar surface area (TPSA) is 32.3 Å². The molecule has 62 valence electrons. The summed E-state index contributed by atoms with van der Waals surface area (Å²) in [6, 6.07) is 0.0752. The van der Waals surface area contributed by atoms with Gasteiger partial charge in [0.2, 0.25) is 0 Å². The molecule has 1 atom stereocenters. The Labute approximate surface area is 67.0 Å². The molecule has 0 aromatic carbocycles. The van der Waals surface area contributed by atoms with E-state index < -0.39 is 0 Å². The number of rotatable bonds is 3. The highest BCUT2D eigenvalue weighted by Gasteiger charge is 2.22. The minimum Gasteiger partial charge on any atom is -0.326 e. The Morgan fingerprint density at radius 3 is 3.09 bits per heavy atom. The van der Waals surface area contributed by atoms with Crippen molar-refractivity contribution < 1.29 is 4.79 Å². The number of nitrogens with zero attached hydrogens (tertiary/aromatic N) is 1. The second kappa shape index (κ2) is 4.13. The third-order valence-corrected chi connectivity index (χ3v) is 1.86. The number of allylic oxidation sites excluding steroid dienone is 1. The monoisotopic (exact) mass is 154 g/mol. The minimum atomic E-state index is 0.0752. The van der Waals surface area contributed by atoms with Crippen LogP contribution in [-0.4, -0.2) is 23.9 Å². The zero-order valence-electron chi connectivity index (χ0n) is 6.79. The molecule has 0 amide bonds. The predicted molar refractivity (Wildman–Crippen MR) is 43.7 cm³/mol. The Kier molecular flexibility index (Phi) is 3.11. The second-order valence-corrected chi connectivity index (χ2v) is 2.67. The lowest BCUT2D eigenvalue weighted by atomic mass is 10.2. The van der Waals surface area contributed by atoms with E-state index in [2.05, 4.69) is 5.43 Å². The highest BCUT2D eigenvalue weighted by atomic mass is 16.1. The molecule has 1 aliphatic heterocycles. The van der Waals surface area contributed by atoms with Gasteiger partial charge in [0.15, 0.2) is 0 Å². The predicted octanol–water partition coefficient (Wildman–Crippen LogP) is 0.688. The van der Waals surface area contributed by atoms with Crippen molar-refractivity contribution in [3.05, 3.63) is 12.3 Å². The van der Waals surface area contributed by atoms with Gasteiger partial charge in [0.1, 0.15) is 6.29 Å². The molecule has 0 unspecified atom stereocenters. The van der Waals surface area contributed by atoms with Gasteiger partial charge in [-0.15, -0.1) is 0 Å². The third kappa shape index (κ3) is 2.05. The molecule has 1 saturated heterocycles. The Balaban J connectivity index is 2.36. The van der Waals surface area contributed by atoms with Gasteiger partial charge in [-0.3, -0.25) is 0 Å². The van der Waals surface area contributed by atoms with E-state index in [0.29, 0.717) is 0 Å². The van der Waals surface area contributed by atoms with E-state index in [9.17, 15) is 4.79 Å². The molecule has 0 aromatic heterocycles. The molecule has 0 aromatic rings. The Hall–Kier alpha value is -0.830. The molecule has 0 spiro atoms. The average Bonchev–Trinajstić information content (AvgIpc) is 2.47. The van der Waals surface area contributed by atoms with Crippen molar-refractivity contribution in [2.45, 2.75) is 25.8 Å². The van der Waals surface area contributed by atoms with Crippen molar-refractivity contribution >= 4 is 6.29 Å².